The van der Waals surface area contributed by atoms with E-state index >= 15 is 0 Å². The molecule has 1 N–H and O–H groups in total. The molecule has 2 fully saturated rings. The number of hydrogen-bond donors (Lipinski definition) is 1. The number of ether oxygens (including phenoxy) is 1. The Morgan fingerprint density at radius 2 is 1.93 bits per heavy atom. The predicted molar refractivity (Wildman–Crippen MR) is 58.3 cm³/mol. The van der Waals surface area contributed by atoms with Crippen molar-refractivity contribution in [2.24, 2.45) is 11.8 Å². The van der Waals surface area contributed by atoms with Gasteiger partial charge < -0.3 is 10.1 Å². The molecule has 3 atom stereocenters. The molecule has 2 nitrogen and oxygen atoms in total. The van der Waals surface area contributed by atoms with Crippen LogP contribution in [0.5, 0.6) is 0 Å². The summed E-state index contributed by atoms with van der Waals surface area (Å²) in [5, 5.41) is 3.52. The van der Waals surface area contributed by atoms with Gasteiger partial charge in [-0.2, -0.15) is 0 Å². The van der Waals surface area contributed by atoms with Crippen LogP contribution in [-0.4, -0.2) is 26.3 Å². The maximum atomic E-state index is 5.52. The van der Waals surface area contributed by atoms with Crippen LogP contribution in [0.2, 0.25) is 0 Å². The summed E-state index contributed by atoms with van der Waals surface area (Å²) < 4.78 is 5.52. The average Bonchev–Trinajstić information content (AvgIpc) is 2.63. The fraction of sp³-hybridized carbons (Fsp3) is 1.00. The minimum atomic E-state index is 0.754. The summed E-state index contributed by atoms with van der Waals surface area (Å²) in [6.45, 7) is 2.01. The Morgan fingerprint density at radius 3 is 2.64 bits per heavy atom. The topological polar surface area (TPSA) is 21.3 Å². The van der Waals surface area contributed by atoms with E-state index in [0.717, 1.165) is 31.1 Å². The number of rotatable bonds is 2. The van der Waals surface area contributed by atoms with Crippen LogP contribution in [-0.2, 0) is 4.74 Å². The summed E-state index contributed by atoms with van der Waals surface area (Å²) in [4.78, 5) is 0. The molecule has 1 aliphatic carbocycles. The van der Waals surface area contributed by atoms with Crippen molar-refractivity contribution in [2.75, 3.05) is 20.3 Å². The fourth-order valence-electron chi connectivity index (χ4n) is 3.15. The first-order valence-corrected chi connectivity index (χ1v) is 6.17. The summed E-state index contributed by atoms with van der Waals surface area (Å²) in [6.07, 6.45) is 8.36. The Kier molecular flexibility index (Phi) is 3.82. The molecule has 3 unspecified atom stereocenters. The molecular weight excluding hydrogens is 174 g/mol. The van der Waals surface area contributed by atoms with Crippen molar-refractivity contribution in [3.8, 4) is 0 Å². The van der Waals surface area contributed by atoms with E-state index in [1.54, 1.807) is 0 Å². The van der Waals surface area contributed by atoms with Crippen molar-refractivity contribution in [1.29, 1.82) is 0 Å². The predicted octanol–water partition coefficient (Wildman–Crippen LogP) is 2.19. The van der Waals surface area contributed by atoms with Crippen molar-refractivity contribution >= 4 is 0 Å². The van der Waals surface area contributed by atoms with Crippen LogP contribution in [0, 0.1) is 11.8 Å². The van der Waals surface area contributed by atoms with Crippen molar-refractivity contribution in [1.82, 2.24) is 5.32 Å². The van der Waals surface area contributed by atoms with Gasteiger partial charge >= 0.3 is 0 Å². The zero-order chi connectivity index (χ0) is 9.80. The molecule has 1 heterocycles. The van der Waals surface area contributed by atoms with E-state index in [-0.39, 0.29) is 0 Å². The first-order valence-electron chi connectivity index (χ1n) is 6.17. The monoisotopic (exact) mass is 197 g/mol. The fourth-order valence-corrected chi connectivity index (χ4v) is 3.15. The van der Waals surface area contributed by atoms with Crippen LogP contribution in [0.4, 0.5) is 0 Å². The molecule has 1 aliphatic heterocycles. The van der Waals surface area contributed by atoms with E-state index in [1.807, 2.05) is 0 Å². The molecule has 0 aromatic carbocycles. The molecule has 1 saturated carbocycles. The lowest BCUT2D eigenvalue weighted by Gasteiger charge is -2.29. The van der Waals surface area contributed by atoms with Gasteiger partial charge in [0, 0.05) is 19.3 Å². The molecule has 2 rings (SSSR count). The second kappa shape index (κ2) is 5.13. The summed E-state index contributed by atoms with van der Waals surface area (Å²) >= 11 is 0. The van der Waals surface area contributed by atoms with Crippen molar-refractivity contribution in [2.45, 2.75) is 44.6 Å². The highest BCUT2D eigenvalue weighted by molar-refractivity contribution is 4.85. The molecule has 82 valence electrons. The molecule has 1 saturated heterocycles. The maximum Gasteiger partial charge on any atom is 0.0498 e. The quantitative estimate of drug-likeness (QED) is 0.685. The van der Waals surface area contributed by atoms with Gasteiger partial charge in [-0.3, -0.25) is 0 Å². The molecule has 0 aromatic rings. The zero-order valence-electron chi connectivity index (χ0n) is 9.30. The second-order valence-electron chi connectivity index (χ2n) is 4.82. The first kappa shape index (κ1) is 10.4. The summed E-state index contributed by atoms with van der Waals surface area (Å²) in [6, 6.07) is 0.754. The van der Waals surface area contributed by atoms with Gasteiger partial charge in [-0.25, -0.2) is 0 Å². The van der Waals surface area contributed by atoms with E-state index in [0.29, 0.717) is 0 Å². The Labute approximate surface area is 87.4 Å². The van der Waals surface area contributed by atoms with Crippen LogP contribution in [0.3, 0.4) is 0 Å². The van der Waals surface area contributed by atoms with Crippen molar-refractivity contribution in [3.63, 3.8) is 0 Å². The standard InChI is InChI=1S/C12H23NO/c1-13-12-6-4-2-3-5-11(12)10-7-8-14-9-10/h10-13H,2-9H2,1H3. The van der Waals surface area contributed by atoms with Gasteiger partial charge in [-0.15, -0.1) is 0 Å². The summed E-state index contributed by atoms with van der Waals surface area (Å²) in [5.41, 5.74) is 0. The highest BCUT2D eigenvalue weighted by atomic mass is 16.5. The van der Waals surface area contributed by atoms with Crippen molar-refractivity contribution < 1.29 is 4.74 Å². The minimum absolute atomic E-state index is 0.754. The molecule has 0 radical (unpaired) electrons. The van der Waals surface area contributed by atoms with Gasteiger partial charge in [0.25, 0.3) is 0 Å². The minimum Gasteiger partial charge on any atom is -0.381 e. The van der Waals surface area contributed by atoms with Crippen LogP contribution in [0.1, 0.15) is 38.5 Å². The molecule has 2 heteroatoms. The lowest BCUT2D eigenvalue weighted by atomic mass is 9.82. The smallest absolute Gasteiger partial charge is 0.0498 e. The Bertz CT molecular complexity index is 166. The lowest BCUT2D eigenvalue weighted by molar-refractivity contribution is 0.158. The van der Waals surface area contributed by atoms with E-state index in [4.69, 9.17) is 4.74 Å². The molecule has 0 spiro atoms. The summed E-state index contributed by atoms with van der Waals surface area (Å²) in [5.74, 6) is 1.72. The van der Waals surface area contributed by atoms with E-state index < -0.39 is 0 Å². The normalized spacial score (nSPS) is 39.6. The van der Waals surface area contributed by atoms with Crippen LogP contribution < -0.4 is 5.32 Å². The van der Waals surface area contributed by atoms with Crippen LogP contribution in [0.15, 0.2) is 0 Å². The van der Waals surface area contributed by atoms with Gasteiger partial charge in [0.05, 0.1) is 0 Å². The summed E-state index contributed by atoms with van der Waals surface area (Å²) in [7, 11) is 2.12. The molecule has 0 amide bonds. The third-order valence-corrected chi connectivity index (χ3v) is 4.01. The Balaban J connectivity index is 1.96. The van der Waals surface area contributed by atoms with E-state index in [2.05, 4.69) is 12.4 Å². The first-order chi connectivity index (χ1) is 6.92. The molecule has 2 aliphatic rings. The van der Waals surface area contributed by atoms with E-state index in [9.17, 15) is 0 Å². The average molecular weight is 197 g/mol. The van der Waals surface area contributed by atoms with Gasteiger partial charge in [0.15, 0.2) is 0 Å². The molecule has 0 aromatic heterocycles. The molecule has 14 heavy (non-hydrogen) atoms. The van der Waals surface area contributed by atoms with Gasteiger partial charge in [-0.1, -0.05) is 19.3 Å². The highest BCUT2D eigenvalue weighted by Crippen LogP contribution is 2.33. The molecular formula is C12H23NO. The second-order valence-corrected chi connectivity index (χ2v) is 4.82. The third kappa shape index (κ3) is 2.29. The lowest BCUT2D eigenvalue weighted by Crippen LogP contribution is -2.37. The Hall–Kier alpha value is -0.0800. The van der Waals surface area contributed by atoms with Crippen LogP contribution >= 0.6 is 0 Å². The SMILES string of the molecule is CNC1CCCCCC1C1CCOC1. The maximum absolute atomic E-state index is 5.52. The number of hydrogen-bond acceptors (Lipinski definition) is 2. The highest BCUT2D eigenvalue weighted by Gasteiger charge is 2.31. The van der Waals surface area contributed by atoms with Gasteiger partial charge in [0.2, 0.25) is 0 Å². The third-order valence-electron chi connectivity index (χ3n) is 4.01. The van der Waals surface area contributed by atoms with E-state index in [1.165, 1.54) is 38.5 Å². The zero-order valence-corrected chi connectivity index (χ0v) is 9.30. The van der Waals surface area contributed by atoms with Gasteiger partial charge in [-0.05, 0) is 38.1 Å². The number of nitrogens with one attached hydrogen (secondary N) is 1. The molecule has 0 bridgehead atoms. The van der Waals surface area contributed by atoms with Gasteiger partial charge in [0.1, 0.15) is 0 Å². The van der Waals surface area contributed by atoms with Crippen LogP contribution in [0.25, 0.3) is 0 Å². The van der Waals surface area contributed by atoms with Crippen molar-refractivity contribution in [3.05, 3.63) is 0 Å². The largest absolute Gasteiger partial charge is 0.381 e. The Morgan fingerprint density at radius 1 is 1.07 bits per heavy atom.